The van der Waals surface area contributed by atoms with Crippen molar-refractivity contribution in [2.24, 2.45) is 5.92 Å². The van der Waals surface area contributed by atoms with Gasteiger partial charge < -0.3 is 15.3 Å². The molecule has 1 aliphatic heterocycles. The van der Waals surface area contributed by atoms with E-state index in [2.05, 4.69) is 15.2 Å². The predicted octanol–water partition coefficient (Wildman–Crippen LogP) is 2.55. The zero-order chi connectivity index (χ0) is 14.4. The van der Waals surface area contributed by atoms with E-state index in [9.17, 15) is 5.11 Å². The third kappa shape index (κ3) is 4.62. The van der Waals surface area contributed by atoms with E-state index in [4.69, 9.17) is 11.6 Å². The van der Waals surface area contributed by atoms with E-state index in [0.29, 0.717) is 17.5 Å². The second-order valence-electron chi connectivity index (χ2n) is 5.54. The van der Waals surface area contributed by atoms with E-state index in [1.807, 2.05) is 19.1 Å². The Morgan fingerprint density at radius 1 is 1.50 bits per heavy atom. The minimum Gasteiger partial charge on any atom is -0.396 e. The number of hydrogen-bond acceptors (Lipinski definition) is 4. The molecule has 0 spiro atoms. The van der Waals surface area contributed by atoms with Crippen LogP contribution in [0.1, 0.15) is 25.0 Å². The largest absolute Gasteiger partial charge is 0.396 e. The molecular weight excluding hydrogens is 274 g/mol. The first-order valence-electron chi connectivity index (χ1n) is 7.39. The molecule has 1 fully saturated rings. The summed E-state index contributed by atoms with van der Waals surface area (Å²) in [5.74, 6) is 1.36. The number of pyridine rings is 1. The van der Waals surface area contributed by atoms with Crippen LogP contribution in [-0.2, 0) is 0 Å². The number of aryl methyl sites for hydroxylation is 1. The van der Waals surface area contributed by atoms with Crippen molar-refractivity contribution in [3.8, 4) is 0 Å². The number of aromatic nitrogens is 1. The van der Waals surface area contributed by atoms with Crippen LogP contribution in [0, 0.1) is 12.8 Å². The van der Waals surface area contributed by atoms with Gasteiger partial charge in [-0.05, 0) is 57.3 Å². The fourth-order valence-electron chi connectivity index (χ4n) is 2.67. The second kappa shape index (κ2) is 7.81. The Bertz CT molecular complexity index is 428. The molecule has 0 amide bonds. The maximum absolute atomic E-state index is 9.22. The van der Waals surface area contributed by atoms with E-state index in [1.54, 1.807) is 0 Å². The van der Waals surface area contributed by atoms with Crippen molar-refractivity contribution in [1.82, 2.24) is 9.88 Å². The molecule has 5 heteroatoms. The van der Waals surface area contributed by atoms with Crippen LogP contribution < -0.4 is 5.32 Å². The van der Waals surface area contributed by atoms with Crippen LogP contribution in [0.3, 0.4) is 0 Å². The molecular formula is C15H24ClN3O. The maximum Gasteiger partial charge on any atom is 0.126 e. The van der Waals surface area contributed by atoms with Crippen molar-refractivity contribution >= 4 is 17.4 Å². The standard InChI is InChI=1S/C15H24ClN3O/c1-12-14(16)5-6-15(18-12)17-7-3-9-19-8-2-4-13(10-19)11-20/h5-6,13,20H,2-4,7-11H2,1H3,(H,17,18). The van der Waals surface area contributed by atoms with Gasteiger partial charge in [0.1, 0.15) is 5.82 Å². The van der Waals surface area contributed by atoms with E-state index in [1.165, 1.54) is 12.8 Å². The summed E-state index contributed by atoms with van der Waals surface area (Å²) in [6.45, 7) is 6.42. The number of piperidine rings is 1. The number of aliphatic hydroxyl groups excluding tert-OH is 1. The number of aliphatic hydroxyl groups is 1. The van der Waals surface area contributed by atoms with Gasteiger partial charge in [-0.15, -0.1) is 0 Å². The lowest BCUT2D eigenvalue weighted by atomic mass is 9.99. The zero-order valence-corrected chi connectivity index (χ0v) is 12.9. The molecule has 1 unspecified atom stereocenters. The molecule has 1 aromatic rings. The molecule has 1 atom stereocenters. The minimum absolute atomic E-state index is 0.322. The van der Waals surface area contributed by atoms with Gasteiger partial charge >= 0.3 is 0 Å². The number of halogens is 1. The monoisotopic (exact) mass is 297 g/mol. The highest BCUT2D eigenvalue weighted by atomic mass is 35.5. The molecule has 2 heterocycles. The molecule has 1 aliphatic rings. The first-order chi connectivity index (χ1) is 9.69. The Morgan fingerprint density at radius 2 is 2.35 bits per heavy atom. The average molecular weight is 298 g/mol. The number of rotatable bonds is 6. The molecule has 4 nitrogen and oxygen atoms in total. The third-order valence-electron chi connectivity index (χ3n) is 3.84. The van der Waals surface area contributed by atoms with Crippen LogP contribution in [-0.4, -0.2) is 47.8 Å². The smallest absolute Gasteiger partial charge is 0.126 e. The third-order valence-corrected chi connectivity index (χ3v) is 4.24. The number of hydrogen-bond donors (Lipinski definition) is 2. The quantitative estimate of drug-likeness (QED) is 0.792. The van der Waals surface area contributed by atoms with Crippen LogP contribution in [0.15, 0.2) is 12.1 Å². The lowest BCUT2D eigenvalue weighted by Crippen LogP contribution is -2.37. The molecule has 1 saturated heterocycles. The van der Waals surface area contributed by atoms with Crippen molar-refractivity contribution in [1.29, 1.82) is 0 Å². The minimum atomic E-state index is 0.322. The fourth-order valence-corrected chi connectivity index (χ4v) is 2.77. The Balaban J connectivity index is 1.67. The summed E-state index contributed by atoms with van der Waals surface area (Å²) >= 11 is 5.95. The van der Waals surface area contributed by atoms with Gasteiger partial charge in [0.25, 0.3) is 0 Å². The van der Waals surface area contributed by atoms with Gasteiger partial charge in [0, 0.05) is 19.7 Å². The topological polar surface area (TPSA) is 48.4 Å². The Morgan fingerprint density at radius 3 is 3.10 bits per heavy atom. The maximum atomic E-state index is 9.22. The molecule has 0 aromatic carbocycles. The summed E-state index contributed by atoms with van der Waals surface area (Å²) in [6.07, 6.45) is 3.46. The molecule has 20 heavy (non-hydrogen) atoms. The summed E-state index contributed by atoms with van der Waals surface area (Å²) in [4.78, 5) is 6.84. The SMILES string of the molecule is Cc1nc(NCCCN2CCCC(CO)C2)ccc1Cl. The molecule has 1 aromatic heterocycles. The lowest BCUT2D eigenvalue weighted by Gasteiger charge is -2.31. The Kier molecular flexibility index (Phi) is 6.07. The average Bonchev–Trinajstić information content (AvgIpc) is 2.47. The summed E-state index contributed by atoms with van der Waals surface area (Å²) in [7, 11) is 0. The van der Waals surface area contributed by atoms with E-state index < -0.39 is 0 Å². The molecule has 2 rings (SSSR count). The van der Waals surface area contributed by atoms with Crippen molar-refractivity contribution in [3.63, 3.8) is 0 Å². The van der Waals surface area contributed by atoms with Crippen LogP contribution in [0.2, 0.25) is 5.02 Å². The highest BCUT2D eigenvalue weighted by molar-refractivity contribution is 6.31. The van der Waals surface area contributed by atoms with E-state index in [-0.39, 0.29) is 0 Å². The van der Waals surface area contributed by atoms with Crippen LogP contribution in [0.5, 0.6) is 0 Å². The van der Waals surface area contributed by atoms with Gasteiger partial charge in [-0.2, -0.15) is 0 Å². The summed E-state index contributed by atoms with van der Waals surface area (Å²) in [5.41, 5.74) is 0.860. The summed E-state index contributed by atoms with van der Waals surface area (Å²) in [5, 5.41) is 13.3. The Hall–Kier alpha value is -0.840. The zero-order valence-electron chi connectivity index (χ0n) is 12.1. The lowest BCUT2D eigenvalue weighted by molar-refractivity contribution is 0.120. The van der Waals surface area contributed by atoms with Gasteiger partial charge in [0.2, 0.25) is 0 Å². The highest BCUT2D eigenvalue weighted by Gasteiger charge is 2.18. The second-order valence-corrected chi connectivity index (χ2v) is 5.94. The highest BCUT2D eigenvalue weighted by Crippen LogP contribution is 2.17. The van der Waals surface area contributed by atoms with Crippen LogP contribution in [0.25, 0.3) is 0 Å². The van der Waals surface area contributed by atoms with Crippen molar-refractivity contribution in [2.45, 2.75) is 26.2 Å². The molecule has 112 valence electrons. The van der Waals surface area contributed by atoms with Crippen molar-refractivity contribution in [3.05, 3.63) is 22.8 Å². The number of anilines is 1. The normalized spacial score (nSPS) is 20.1. The van der Waals surface area contributed by atoms with Gasteiger partial charge in [0.05, 0.1) is 10.7 Å². The van der Waals surface area contributed by atoms with Crippen LogP contribution in [0.4, 0.5) is 5.82 Å². The summed E-state index contributed by atoms with van der Waals surface area (Å²) in [6, 6.07) is 3.79. The van der Waals surface area contributed by atoms with Crippen molar-refractivity contribution < 1.29 is 5.11 Å². The predicted molar refractivity (Wildman–Crippen MR) is 83.3 cm³/mol. The van der Waals surface area contributed by atoms with Gasteiger partial charge in [-0.25, -0.2) is 4.98 Å². The summed E-state index contributed by atoms with van der Waals surface area (Å²) < 4.78 is 0. The Labute approximate surface area is 126 Å². The van der Waals surface area contributed by atoms with Gasteiger partial charge in [0.15, 0.2) is 0 Å². The van der Waals surface area contributed by atoms with Gasteiger partial charge in [-0.3, -0.25) is 0 Å². The fraction of sp³-hybridized carbons (Fsp3) is 0.667. The number of likely N-dealkylation sites (tertiary alicyclic amines) is 1. The molecule has 2 N–H and O–H groups in total. The van der Waals surface area contributed by atoms with Crippen molar-refractivity contribution in [2.75, 3.05) is 38.1 Å². The van der Waals surface area contributed by atoms with Crippen LogP contribution >= 0.6 is 11.6 Å². The molecule has 0 radical (unpaired) electrons. The van der Waals surface area contributed by atoms with E-state index in [0.717, 1.165) is 44.1 Å². The molecule has 0 saturated carbocycles. The molecule has 0 aliphatic carbocycles. The van der Waals surface area contributed by atoms with Gasteiger partial charge in [-0.1, -0.05) is 11.6 Å². The number of nitrogens with zero attached hydrogens (tertiary/aromatic N) is 2. The number of nitrogens with one attached hydrogen (secondary N) is 1. The first kappa shape index (κ1) is 15.5. The van der Waals surface area contributed by atoms with E-state index >= 15 is 0 Å². The first-order valence-corrected chi connectivity index (χ1v) is 7.77. The molecule has 0 bridgehead atoms.